The molecule has 2 aromatic heterocycles. The van der Waals surface area contributed by atoms with Gasteiger partial charge >= 0.3 is 0 Å². The van der Waals surface area contributed by atoms with E-state index in [0.29, 0.717) is 0 Å². The van der Waals surface area contributed by atoms with Crippen molar-refractivity contribution in [1.82, 2.24) is 20.5 Å². The van der Waals surface area contributed by atoms with E-state index in [2.05, 4.69) is 25.8 Å². The molecule has 0 aliphatic heterocycles. The Labute approximate surface area is 199 Å². The molecule has 0 bridgehead atoms. The van der Waals surface area contributed by atoms with Crippen molar-refractivity contribution in [3.63, 3.8) is 0 Å². The predicted molar refractivity (Wildman–Crippen MR) is 120 cm³/mol. The third kappa shape index (κ3) is 6.37. The number of amides is 2. The van der Waals surface area contributed by atoms with Crippen LogP contribution in [0.3, 0.4) is 0 Å². The number of nitrogens with one attached hydrogen (secondary N) is 3. The highest BCUT2D eigenvalue weighted by molar-refractivity contribution is 7.90. The average molecular weight is 496 g/mol. The molecule has 1 aliphatic carbocycles. The van der Waals surface area contributed by atoms with E-state index in [0.717, 1.165) is 19.1 Å². The predicted octanol–water partition coefficient (Wildman–Crippen LogP) is 0.667. The first-order valence-corrected chi connectivity index (χ1v) is 11.9. The van der Waals surface area contributed by atoms with Crippen molar-refractivity contribution >= 4 is 45.4 Å². The van der Waals surface area contributed by atoms with Gasteiger partial charge in [-0.1, -0.05) is 0 Å². The number of pyridine rings is 1. The Morgan fingerprint density at radius 3 is 2.74 bits per heavy atom. The Bertz CT molecular complexity index is 1300. The summed E-state index contributed by atoms with van der Waals surface area (Å²) in [6, 6.07) is 2.38. The summed E-state index contributed by atoms with van der Waals surface area (Å²) < 4.78 is 56.9. The monoisotopic (exact) mass is 495 g/mol. The topological polar surface area (TPSA) is 179 Å². The second kappa shape index (κ2) is 10.4. The van der Waals surface area contributed by atoms with E-state index < -0.39 is 34.5 Å². The number of sulfone groups is 1. The summed E-state index contributed by atoms with van der Waals surface area (Å²) in [6.07, 6.45) is 2.95. The van der Waals surface area contributed by atoms with Crippen LogP contribution in [0, 0.1) is 5.92 Å². The Kier molecular flexibility index (Phi) is 6.36. The lowest BCUT2D eigenvalue weighted by Gasteiger charge is -2.15. The summed E-state index contributed by atoms with van der Waals surface area (Å²) in [6.45, 7) is -1.09. The van der Waals surface area contributed by atoms with Gasteiger partial charge < -0.3 is 25.4 Å². The molecule has 2 aromatic rings. The van der Waals surface area contributed by atoms with Gasteiger partial charge in [0.2, 0.25) is 5.91 Å². The Hall–Kier alpha value is -3.81. The molecule has 14 heteroatoms. The van der Waals surface area contributed by atoms with E-state index >= 15 is 0 Å². The molecular formula is C20H24N6O7S. The van der Waals surface area contributed by atoms with Crippen LogP contribution in [0.4, 0.5) is 17.3 Å². The summed E-state index contributed by atoms with van der Waals surface area (Å²) >= 11 is 0. The average Bonchev–Trinajstić information content (AvgIpc) is 3.62. The largest absolute Gasteiger partial charge is 0.488 e. The Balaban J connectivity index is 1.97. The fourth-order valence-electron chi connectivity index (χ4n) is 2.71. The van der Waals surface area contributed by atoms with Crippen LogP contribution in [0.25, 0.3) is 0 Å². The smallest absolute Gasteiger partial charge is 0.293 e. The van der Waals surface area contributed by atoms with Gasteiger partial charge in [0.15, 0.2) is 21.3 Å². The van der Waals surface area contributed by atoms with Crippen LogP contribution in [-0.4, -0.2) is 67.8 Å². The lowest BCUT2D eigenvalue weighted by atomic mass is 10.2. The zero-order valence-corrected chi connectivity index (χ0v) is 19.0. The minimum atomic E-state index is -3.91. The molecule has 2 heterocycles. The number of anilines is 3. The maximum absolute atomic E-state index is 12.6. The van der Waals surface area contributed by atoms with Gasteiger partial charge in [-0.2, -0.15) is 0 Å². The number of rotatable bonds is 11. The van der Waals surface area contributed by atoms with Crippen LogP contribution in [0.5, 0.6) is 5.75 Å². The van der Waals surface area contributed by atoms with Gasteiger partial charge in [-0.25, -0.2) is 13.4 Å². The molecule has 0 aromatic carbocycles. The summed E-state index contributed by atoms with van der Waals surface area (Å²) in [5.74, 6) is -1.82. The summed E-state index contributed by atoms with van der Waals surface area (Å²) in [5, 5.41) is 14.5. The normalized spacial score (nSPS) is 15.6. The molecular weight excluding hydrogens is 468 g/mol. The van der Waals surface area contributed by atoms with Crippen molar-refractivity contribution in [2.24, 2.45) is 5.92 Å². The van der Waals surface area contributed by atoms with Crippen molar-refractivity contribution in [3.05, 3.63) is 24.0 Å². The van der Waals surface area contributed by atoms with Crippen molar-refractivity contribution in [2.75, 3.05) is 30.5 Å². The Morgan fingerprint density at radius 2 is 2.09 bits per heavy atom. The zero-order valence-electron chi connectivity index (χ0n) is 21.2. The van der Waals surface area contributed by atoms with Crippen molar-refractivity contribution in [3.8, 4) is 5.75 Å². The molecule has 1 fully saturated rings. The van der Waals surface area contributed by atoms with E-state index in [-0.39, 0.29) is 52.9 Å². The lowest BCUT2D eigenvalue weighted by Crippen LogP contribution is -2.23. The van der Waals surface area contributed by atoms with E-state index in [9.17, 15) is 22.8 Å². The number of aromatic nitrogens is 3. The van der Waals surface area contributed by atoms with Crippen LogP contribution >= 0.6 is 0 Å². The molecule has 0 spiro atoms. The molecule has 1 atom stereocenters. The lowest BCUT2D eigenvalue weighted by molar-refractivity contribution is -0.134. The second-order valence-electron chi connectivity index (χ2n) is 7.48. The molecule has 34 heavy (non-hydrogen) atoms. The number of carbonyl (C=O) groups is 3. The van der Waals surface area contributed by atoms with E-state index in [1.165, 1.54) is 18.3 Å². The van der Waals surface area contributed by atoms with Crippen molar-refractivity contribution < 1.29 is 36.4 Å². The molecule has 0 radical (unpaired) electrons. The molecule has 1 saturated carbocycles. The summed E-state index contributed by atoms with van der Waals surface area (Å²) in [5.41, 5.74) is -0.649. The third-order valence-corrected chi connectivity index (χ3v) is 5.68. The number of hydrogen-bond donors (Lipinski definition) is 3. The molecule has 2 amide bonds. The molecule has 1 aliphatic rings. The molecule has 0 saturated heterocycles. The minimum absolute atomic E-state index is 0.0464. The quantitative estimate of drug-likeness (QED) is 0.373. The highest BCUT2D eigenvalue weighted by Gasteiger charge is 2.30. The maximum Gasteiger partial charge on any atom is 0.293 e. The van der Waals surface area contributed by atoms with Crippen LogP contribution in [0.15, 0.2) is 23.2 Å². The number of nitrogens with zero attached hydrogens (tertiary/aromatic N) is 3. The summed E-state index contributed by atoms with van der Waals surface area (Å²) in [7, 11) is -3.91. The molecule has 0 unspecified atom stereocenters. The number of ether oxygens (including phenoxy) is 2. The van der Waals surface area contributed by atoms with Crippen LogP contribution < -0.4 is 20.7 Å². The highest BCUT2D eigenvalue weighted by atomic mass is 32.2. The van der Waals surface area contributed by atoms with Gasteiger partial charge in [-0.3, -0.25) is 14.4 Å². The summed E-state index contributed by atoms with van der Waals surface area (Å²) in [4.78, 5) is 38.9. The number of hydrogen-bond acceptors (Lipinski definition) is 11. The van der Waals surface area contributed by atoms with Gasteiger partial charge in [0.25, 0.3) is 12.4 Å². The fourth-order valence-corrected chi connectivity index (χ4v) is 3.49. The second-order valence-corrected chi connectivity index (χ2v) is 9.46. The highest BCUT2D eigenvalue weighted by Crippen LogP contribution is 2.31. The molecule has 13 nitrogen and oxygen atoms in total. The first-order chi connectivity index (χ1) is 17.3. The van der Waals surface area contributed by atoms with E-state index in [1.54, 1.807) is 12.2 Å². The van der Waals surface area contributed by atoms with Crippen molar-refractivity contribution in [1.29, 1.82) is 0 Å². The van der Waals surface area contributed by atoms with E-state index in [4.69, 9.17) is 13.6 Å². The fraction of sp³-hybridized carbons (Fsp3) is 0.400. The zero-order chi connectivity index (χ0) is 27.4. The maximum atomic E-state index is 12.6. The SMILES string of the molecule is [2H]C([2H])([2H])NC(=O)c1nnc(NC(=O)C2CC2)cc1Nc1ncc(OC[C@@H](C)OC=O)cc1S(C)(=O)=O. The molecule has 3 rings (SSSR count). The Morgan fingerprint density at radius 1 is 1.32 bits per heavy atom. The van der Waals surface area contributed by atoms with Crippen LogP contribution in [-0.2, 0) is 24.2 Å². The van der Waals surface area contributed by atoms with Crippen LogP contribution in [0.1, 0.15) is 34.4 Å². The van der Waals surface area contributed by atoms with E-state index in [1.807, 2.05) is 0 Å². The van der Waals surface area contributed by atoms with Gasteiger partial charge in [-0.05, 0) is 19.8 Å². The van der Waals surface area contributed by atoms with Gasteiger partial charge in [-0.15, -0.1) is 10.2 Å². The minimum Gasteiger partial charge on any atom is -0.488 e. The standard InChI is InChI=1S/C20H24N6O7S/c1-11(33-10-27)9-32-13-6-15(34(3,30)31)18(22-8-13)23-14-7-16(24-19(28)12-4-5-12)25-26-17(14)20(29)21-2/h6-8,10-12H,4-5,9H2,1-3H3,(H,21,29)(H2,22,23,24,25,28)/t11-/m1/s1/i2D3. The van der Waals surface area contributed by atoms with Crippen LogP contribution in [0.2, 0.25) is 0 Å². The van der Waals surface area contributed by atoms with Gasteiger partial charge in [0.05, 0.1) is 11.9 Å². The van der Waals surface area contributed by atoms with Crippen molar-refractivity contribution in [2.45, 2.75) is 30.8 Å². The van der Waals surface area contributed by atoms with Gasteiger partial charge in [0, 0.05) is 35.4 Å². The first-order valence-electron chi connectivity index (χ1n) is 11.5. The third-order valence-electron chi connectivity index (χ3n) is 4.57. The number of carbonyl (C=O) groups excluding carboxylic acids is 3. The van der Waals surface area contributed by atoms with Gasteiger partial charge in [0.1, 0.15) is 29.2 Å². The molecule has 3 N–H and O–H groups in total. The molecule has 182 valence electrons. The first kappa shape index (κ1) is 20.8.